The van der Waals surface area contributed by atoms with Crippen LogP contribution in [0.4, 0.5) is 8.78 Å². The van der Waals surface area contributed by atoms with Gasteiger partial charge in [0.15, 0.2) is 0 Å². The fourth-order valence-electron chi connectivity index (χ4n) is 1.02. The highest BCUT2D eigenvalue weighted by Crippen LogP contribution is 2.21. The van der Waals surface area contributed by atoms with Crippen LogP contribution >= 0.6 is 0 Å². The lowest BCUT2D eigenvalue weighted by atomic mass is 10.1. The van der Waals surface area contributed by atoms with Gasteiger partial charge >= 0.3 is 0 Å². The molecule has 0 heterocycles. The molecule has 0 fully saturated rings. The van der Waals surface area contributed by atoms with Crippen molar-refractivity contribution in [1.29, 1.82) is 0 Å². The van der Waals surface area contributed by atoms with E-state index in [9.17, 15) is 8.78 Å². The summed E-state index contributed by atoms with van der Waals surface area (Å²) >= 11 is 0. The van der Waals surface area contributed by atoms with E-state index >= 15 is 0 Å². The molecule has 0 amide bonds. The number of phenols is 1. The van der Waals surface area contributed by atoms with Crippen molar-refractivity contribution in [2.24, 2.45) is 0 Å². The average molecular weight is 188 g/mol. The van der Waals surface area contributed by atoms with E-state index in [-0.39, 0.29) is 5.75 Å². The normalized spacial score (nSPS) is 11.6. The molecule has 0 aliphatic heterocycles. The number of aromatic hydroxyl groups is 1. The largest absolute Gasteiger partial charge is 0.508 e. The Balaban J connectivity index is 2.74. The number of hydrogen-bond acceptors (Lipinski definition) is 2. The first-order valence-electron chi connectivity index (χ1n) is 3.80. The molecule has 0 bridgehead atoms. The summed E-state index contributed by atoms with van der Waals surface area (Å²) < 4.78 is 25.3. The van der Waals surface area contributed by atoms with Gasteiger partial charge in [-0.2, -0.15) is 0 Å². The van der Waals surface area contributed by atoms with E-state index in [1.165, 1.54) is 24.3 Å². The number of halogens is 2. The maximum absolute atomic E-state index is 12.6. The summed E-state index contributed by atoms with van der Waals surface area (Å²) in [7, 11) is 0. The molecule has 0 saturated heterocycles. The smallest absolute Gasteiger partial charge is 0.274 e. The van der Waals surface area contributed by atoms with Crippen molar-refractivity contribution in [1.82, 2.24) is 0 Å². The van der Waals surface area contributed by atoms with Crippen LogP contribution in [-0.2, 0) is 6.42 Å². The summed E-state index contributed by atoms with van der Waals surface area (Å²) in [5, 5.41) is 17.3. The zero-order chi connectivity index (χ0) is 9.90. The second-order valence-electron chi connectivity index (χ2n) is 2.86. The molecule has 1 aromatic rings. The first-order valence-corrected chi connectivity index (χ1v) is 3.80. The summed E-state index contributed by atoms with van der Waals surface area (Å²) in [6.45, 7) is -1.18. The molecule has 0 radical (unpaired) electrons. The Bertz CT molecular complexity index is 287. The highest BCUT2D eigenvalue weighted by molar-refractivity contribution is 5.27. The van der Waals surface area contributed by atoms with Gasteiger partial charge in [-0.05, 0) is 17.7 Å². The number of rotatable bonds is 3. The fraction of sp³-hybridized carbons (Fsp3) is 0.333. The van der Waals surface area contributed by atoms with Crippen LogP contribution in [0.25, 0.3) is 0 Å². The molecule has 0 saturated carbocycles. The zero-order valence-electron chi connectivity index (χ0n) is 6.87. The Morgan fingerprint density at radius 2 is 2.00 bits per heavy atom. The van der Waals surface area contributed by atoms with E-state index < -0.39 is 19.0 Å². The van der Waals surface area contributed by atoms with Gasteiger partial charge in [-0.3, -0.25) is 0 Å². The molecule has 2 nitrogen and oxygen atoms in total. The fourth-order valence-corrected chi connectivity index (χ4v) is 1.02. The van der Waals surface area contributed by atoms with Crippen molar-refractivity contribution in [2.45, 2.75) is 12.3 Å². The van der Waals surface area contributed by atoms with Gasteiger partial charge in [-0.15, -0.1) is 0 Å². The monoisotopic (exact) mass is 188 g/mol. The van der Waals surface area contributed by atoms with Gasteiger partial charge in [0.05, 0.1) is 0 Å². The molecular weight excluding hydrogens is 178 g/mol. The Kier molecular flexibility index (Phi) is 2.83. The van der Waals surface area contributed by atoms with Crippen molar-refractivity contribution >= 4 is 0 Å². The van der Waals surface area contributed by atoms with Gasteiger partial charge in [0.25, 0.3) is 5.92 Å². The molecule has 1 rings (SSSR count). The molecule has 0 aliphatic rings. The predicted molar refractivity (Wildman–Crippen MR) is 43.8 cm³/mol. The van der Waals surface area contributed by atoms with E-state index in [4.69, 9.17) is 10.2 Å². The average Bonchev–Trinajstić information content (AvgIpc) is 2.03. The second kappa shape index (κ2) is 3.70. The minimum Gasteiger partial charge on any atom is -0.508 e. The summed E-state index contributed by atoms with van der Waals surface area (Å²) in [6, 6.07) is 5.62. The van der Waals surface area contributed by atoms with E-state index in [2.05, 4.69) is 0 Å². The standard InChI is InChI=1S/C9H10F2O2/c10-9(11,6-12)5-7-2-1-3-8(13)4-7/h1-4,12-13H,5-6H2. The minimum atomic E-state index is -3.12. The number of benzene rings is 1. The lowest BCUT2D eigenvalue weighted by Crippen LogP contribution is -2.24. The van der Waals surface area contributed by atoms with Crippen LogP contribution in [0.3, 0.4) is 0 Å². The third-order valence-corrected chi connectivity index (χ3v) is 1.60. The Labute approximate surface area is 74.4 Å². The second-order valence-corrected chi connectivity index (χ2v) is 2.86. The summed E-state index contributed by atoms with van der Waals surface area (Å²) in [5.41, 5.74) is 0.305. The molecule has 0 unspecified atom stereocenters. The van der Waals surface area contributed by atoms with Crippen molar-refractivity contribution < 1.29 is 19.0 Å². The Morgan fingerprint density at radius 1 is 1.31 bits per heavy atom. The van der Waals surface area contributed by atoms with Crippen LogP contribution < -0.4 is 0 Å². The van der Waals surface area contributed by atoms with Gasteiger partial charge < -0.3 is 10.2 Å². The Morgan fingerprint density at radius 3 is 2.54 bits per heavy atom. The molecular formula is C9H10F2O2. The van der Waals surface area contributed by atoms with Crippen LogP contribution in [0, 0.1) is 0 Å². The van der Waals surface area contributed by atoms with Crippen molar-refractivity contribution in [2.75, 3.05) is 6.61 Å². The number of hydrogen-bond donors (Lipinski definition) is 2. The maximum atomic E-state index is 12.6. The quantitative estimate of drug-likeness (QED) is 0.755. The highest BCUT2D eigenvalue weighted by atomic mass is 19.3. The number of aliphatic hydroxyl groups is 1. The van der Waals surface area contributed by atoms with Crippen LogP contribution in [-0.4, -0.2) is 22.7 Å². The Hall–Kier alpha value is -1.16. The number of alkyl halides is 2. The molecule has 0 spiro atoms. The zero-order valence-corrected chi connectivity index (χ0v) is 6.87. The van der Waals surface area contributed by atoms with Crippen molar-refractivity contribution in [3.8, 4) is 5.75 Å². The molecule has 1 aromatic carbocycles. The summed E-state index contributed by atoms with van der Waals surface area (Å²) in [5.74, 6) is -3.17. The maximum Gasteiger partial charge on any atom is 0.274 e. The third-order valence-electron chi connectivity index (χ3n) is 1.60. The first-order chi connectivity index (χ1) is 6.03. The number of phenolic OH excluding ortho intramolecular Hbond substituents is 1. The van der Waals surface area contributed by atoms with Crippen molar-refractivity contribution in [3.63, 3.8) is 0 Å². The van der Waals surface area contributed by atoms with Gasteiger partial charge in [0.1, 0.15) is 12.4 Å². The number of aliphatic hydroxyl groups excluding tert-OH is 1. The van der Waals surface area contributed by atoms with Crippen LogP contribution in [0.15, 0.2) is 24.3 Å². The predicted octanol–water partition coefficient (Wildman–Crippen LogP) is 1.56. The molecule has 0 aromatic heterocycles. The van der Waals surface area contributed by atoms with Crippen LogP contribution in [0.1, 0.15) is 5.56 Å². The lowest BCUT2D eigenvalue weighted by molar-refractivity contribution is -0.0488. The highest BCUT2D eigenvalue weighted by Gasteiger charge is 2.27. The summed E-state index contributed by atoms with van der Waals surface area (Å²) in [4.78, 5) is 0. The van der Waals surface area contributed by atoms with Gasteiger partial charge in [-0.25, -0.2) is 8.78 Å². The van der Waals surface area contributed by atoms with Gasteiger partial charge in [-0.1, -0.05) is 12.1 Å². The molecule has 0 aliphatic carbocycles. The molecule has 2 N–H and O–H groups in total. The van der Waals surface area contributed by atoms with E-state index in [1.54, 1.807) is 0 Å². The third kappa shape index (κ3) is 2.99. The van der Waals surface area contributed by atoms with Crippen LogP contribution in [0.2, 0.25) is 0 Å². The van der Waals surface area contributed by atoms with Gasteiger partial charge in [0, 0.05) is 6.42 Å². The summed E-state index contributed by atoms with van der Waals surface area (Å²) in [6.07, 6.45) is -0.558. The molecule has 0 atom stereocenters. The molecule has 13 heavy (non-hydrogen) atoms. The van der Waals surface area contributed by atoms with E-state index in [0.29, 0.717) is 5.56 Å². The lowest BCUT2D eigenvalue weighted by Gasteiger charge is -2.12. The SMILES string of the molecule is OCC(F)(F)Cc1cccc(O)c1. The molecule has 72 valence electrons. The first kappa shape index (κ1) is 9.92. The topological polar surface area (TPSA) is 40.5 Å². The van der Waals surface area contributed by atoms with E-state index in [1.807, 2.05) is 0 Å². The van der Waals surface area contributed by atoms with Crippen LogP contribution in [0.5, 0.6) is 5.75 Å². The minimum absolute atomic E-state index is 0.0498. The molecule has 4 heteroatoms. The van der Waals surface area contributed by atoms with Crippen molar-refractivity contribution in [3.05, 3.63) is 29.8 Å². The van der Waals surface area contributed by atoms with Gasteiger partial charge in [0.2, 0.25) is 0 Å². The van der Waals surface area contributed by atoms with E-state index in [0.717, 1.165) is 0 Å².